The summed E-state index contributed by atoms with van der Waals surface area (Å²) in [4.78, 5) is 23.3. The van der Waals surface area contributed by atoms with Gasteiger partial charge in [-0.1, -0.05) is 17.7 Å². The monoisotopic (exact) mass is 402 g/mol. The third kappa shape index (κ3) is 4.24. The van der Waals surface area contributed by atoms with Crippen molar-refractivity contribution in [3.05, 3.63) is 80.5 Å². The molecule has 138 valence electrons. The summed E-state index contributed by atoms with van der Waals surface area (Å²) in [5.74, 6) is -0.333. The highest BCUT2D eigenvalue weighted by Gasteiger charge is 2.30. The predicted molar refractivity (Wildman–Crippen MR) is 107 cm³/mol. The van der Waals surface area contributed by atoms with E-state index in [0.29, 0.717) is 32.7 Å². The summed E-state index contributed by atoms with van der Waals surface area (Å²) < 4.78 is 0. The fraction of sp³-hybridized carbons (Fsp3) is 0.111. The topological polar surface area (TPSA) is 96.3 Å². The number of benzene rings is 2. The standard InChI is InChI=1S/C18H15ClN4O3S/c1-10-15(17(24)21-13-4-2-3-12(19)9-13)16(22-18(27)20-10)11-5-7-14(8-6-11)23(25)26/h2-9,16H,1H3,(H,21,24)(H2,20,22,27). The zero-order chi connectivity index (χ0) is 19.6. The highest BCUT2D eigenvalue weighted by molar-refractivity contribution is 7.80. The third-order valence-corrected chi connectivity index (χ3v) is 4.49. The van der Waals surface area contributed by atoms with E-state index in [1.54, 1.807) is 43.3 Å². The van der Waals surface area contributed by atoms with Gasteiger partial charge in [0.1, 0.15) is 0 Å². The first-order chi connectivity index (χ1) is 12.8. The van der Waals surface area contributed by atoms with Crippen LogP contribution in [0.3, 0.4) is 0 Å². The molecule has 1 amide bonds. The average molecular weight is 403 g/mol. The Hall–Kier alpha value is -2.97. The van der Waals surface area contributed by atoms with Crippen molar-refractivity contribution in [2.75, 3.05) is 5.32 Å². The summed E-state index contributed by atoms with van der Waals surface area (Å²) >= 11 is 11.2. The van der Waals surface area contributed by atoms with Gasteiger partial charge in [-0.15, -0.1) is 0 Å². The molecule has 1 atom stereocenters. The molecule has 0 bridgehead atoms. The lowest BCUT2D eigenvalue weighted by molar-refractivity contribution is -0.384. The molecule has 1 aliphatic rings. The van der Waals surface area contributed by atoms with E-state index in [2.05, 4.69) is 16.0 Å². The van der Waals surface area contributed by atoms with E-state index >= 15 is 0 Å². The van der Waals surface area contributed by atoms with Crippen LogP contribution in [0.2, 0.25) is 5.02 Å². The van der Waals surface area contributed by atoms with Gasteiger partial charge in [-0.05, 0) is 55.0 Å². The number of anilines is 1. The molecular formula is C18H15ClN4O3S. The number of carbonyl (C=O) groups is 1. The number of nitrogens with one attached hydrogen (secondary N) is 3. The molecule has 7 nitrogen and oxygen atoms in total. The lowest BCUT2D eigenvalue weighted by Crippen LogP contribution is -2.45. The van der Waals surface area contributed by atoms with Crippen molar-refractivity contribution in [3.63, 3.8) is 0 Å². The van der Waals surface area contributed by atoms with Crippen LogP contribution < -0.4 is 16.0 Å². The molecular weight excluding hydrogens is 388 g/mol. The second-order valence-corrected chi connectivity index (χ2v) is 6.73. The molecule has 3 N–H and O–H groups in total. The maximum Gasteiger partial charge on any atom is 0.269 e. The van der Waals surface area contributed by atoms with Gasteiger partial charge in [-0.2, -0.15) is 0 Å². The maximum atomic E-state index is 12.9. The van der Waals surface area contributed by atoms with E-state index in [4.69, 9.17) is 23.8 Å². The van der Waals surface area contributed by atoms with Gasteiger partial charge in [0, 0.05) is 28.5 Å². The van der Waals surface area contributed by atoms with Gasteiger partial charge in [0.2, 0.25) is 0 Å². The lowest BCUT2D eigenvalue weighted by atomic mass is 9.94. The van der Waals surface area contributed by atoms with Gasteiger partial charge in [-0.25, -0.2) is 0 Å². The van der Waals surface area contributed by atoms with E-state index in [0.717, 1.165) is 0 Å². The Morgan fingerprint density at radius 1 is 1.26 bits per heavy atom. The largest absolute Gasteiger partial charge is 0.351 e. The predicted octanol–water partition coefficient (Wildman–Crippen LogP) is 3.68. The van der Waals surface area contributed by atoms with Crippen LogP contribution in [-0.4, -0.2) is 15.9 Å². The van der Waals surface area contributed by atoms with Crippen LogP contribution in [0.1, 0.15) is 18.5 Å². The van der Waals surface area contributed by atoms with E-state index in [1.807, 2.05) is 0 Å². The van der Waals surface area contributed by atoms with Crippen molar-refractivity contribution < 1.29 is 9.72 Å². The fourth-order valence-corrected chi connectivity index (χ4v) is 3.26. The van der Waals surface area contributed by atoms with Gasteiger partial charge in [-0.3, -0.25) is 14.9 Å². The van der Waals surface area contributed by atoms with Crippen molar-refractivity contribution in [2.24, 2.45) is 0 Å². The molecule has 0 fully saturated rings. The van der Waals surface area contributed by atoms with Crippen LogP contribution in [-0.2, 0) is 4.79 Å². The normalized spacial score (nSPS) is 16.4. The van der Waals surface area contributed by atoms with Crippen molar-refractivity contribution in [1.82, 2.24) is 10.6 Å². The summed E-state index contributed by atoms with van der Waals surface area (Å²) in [6, 6.07) is 12.3. The number of rotatable bonds is 4. The minimum atomic E-state index is -0.543. The van der Waals surface area contributed by atoms with Crippen LogP contribution in [0, 0.1) is 10.1 Å². The first-order valence-electron chi connectivity index (χ1n) is 7.94. The van der Waals surface area contributed by atoms with Crippen molar-refractivity contribution in [1.29, 1.82) is 0 Å². The number of nitro benzene ring substituents is 1. The Morgan fingerprint density at radius 3 is 2.59 bits per heavy atom. The number of nitro groups is 1. The Labute approximate surface area is 165 Å². The zero-order valence-electron chi connectivity index (χ0n) is 14.2. The number of hydrogen-bond donors (Lipinski definition) is 3. The molecule has 9 heteroatoms. The van der Waals surface area contributed by atoms with E-state index in [9.17, 15) is 14.9 Å². The minimum Gasteiger partial charge on any atom is -0.351 e. The highest BCUT2D eigenvalue weighted by Crippen LogP contribution is 2.29. The molecule has 2 aromatic rings. The number of halogens is 1. The smallest absolute Gasteiger partial charge is 0.269 e. The first-order valence-corrected chi connectivity index (χ1v) is 8.73. The molecule has 1 aliphatic heterocycles. The Kier molecular flexibility index (Phi) is 5.38. The second-order valence-electron chi connectivity index (χ2n) is 5.88. The summed E-state index contributed by atoms with van der Waals surface area (Å²) in [5, 5.41) is 20.5. The van der Waals surface area contributed by atoms with Crippen LogP contribution in [0.25, 0.3) is 0 Å². The zero-order valence-corrected chi connectivity index (χ0v) is 15.7. The van der Waals surface area contributed by atoms with Crippen molar-refractivity contribution in [2.45, 2.75) is 13.0 Å². The minimum absolute atomic E-state index is 0.0270. The van der Waals surface area contributed by atoms with Gasteiger partial charge < -0.3 is 16.0 Å². The molecule has 1 unspecified atom stereocenters. The van der Waals surface area contributed by atoms with E-state index in [1.165, 1.54) is 12.1 Å². The SMILES string of the molecule is CC1=C(C(=O)Nc2cccc(Cl)c2)C(c2ccc([N+](=O)[O-])cc2)NC(=S)N1. The average Bonchev–Trinajstić information content (AvgIpc) is 2.61. The molecule has 27 heavy (non-hydrogen) atoms. The number of thiocarbonyl (C=S) groups is 1. The highest BCUT2D eigenvalue weighted by atomic mass is 35.5. The van der Waals surface area contributed by atoms with Gasteiger partial charge in [0.05, 0.1) is 16.5 Å². The van der Waals surface area contributed by atoms with Crippen LogP contribution in [0.5, 0.6) is 0 Å². The molecule has 1 heterocycles. The molecule has 0 radical (unpaired) electrons. The number of non-ortho nitro benzene ring substituents is 1. The van der Waals surface area contributed by atoms with Crippen molar-refractivity contribution in [3.8, 4) is 0 Å². The van der Waals surface area contributed by atoms with Crippen LogP contribution in [0.15, 0.2) is 59.8 Å². The Morgan fingerprint density at radius 2 is 1.96 bits per heavy atom. The summed E-state index contributed by atoms with van der Waals surface area (Å²) in [7, 11) is 0. The molecule has 2 aromatic carbocycles. The fourth-order valence-electron chi connectivity index (χ4n) is 2.80. The molecule has 0 saturated carbocycles. The Balaban J connectivity index is 1.93. The number of hydrogen-bond acceptors (Lipinski definition) is 4. The number of allylic oxidation sites excluding steroid dienone is 1. The second kappa shape index (κ2) is 7.73. The van der Waals surface area contributed by atoms with Crippen LogP contribution >= 0.6 is 23.8 Å². The molecule has 0 saturated heterocycles. The number of nitrogens with zero attached hydrogens (tertiary/aromatic N) is 1. The molecule has 3 rings (SSSR count). The van der Waals surface area contributed by atoms with Gasteiger partial charge >= 0.3 is 0 Å². The first kappa shape index (κ1) is 18.8. The van der Waals surface area contributed by atoms with Gasteiger partial charge in [0.15, 0.2) is 5.11 Å². The number of amides is 1. The van der Waals surface area contributed by atoms with E-state index in [-0.39, 0.29) is 11.6 Å². The lowest BCUT2D eigenvalue weighted by Gasteiger charge is -2.30. The van der Waals surface area contributed by atoms with E-state index < -0.39 is 11.0 Å². The molecule has 0 aliphatic carbocycles. The van der Waals surface area contributed by atoms with Crippen molar-refractivity contribution >= 4 is 46.2 Å². The summed E-state index contributed by atoms with van der Waals surface area (Å²) in [5.41, 5.74) is 2.24. The molecule has 0 spiro atoms. The Bertz CT molecular complexity index is 959. The third-order valence-electron chi connectivity index (χ3n) is 4.03. The molecule has 0 aromatic heterocycles. The van der Waals surface area contributed by atoms with Crippen LogP contribution in [0.4, 0.5) is 11.4 Å². The quantitative estimate of drug-likeness (QED) is 0.410. The number of carbonyl (C=O) groups excluding carboxylic acids is 1. The maximum absolute atomic E-state index is 12.9. The van der Waals surface area contributed by atoms with Gasteiger partial charge in [0.25, 0.3) is 11.6 Å². The summed E-state index contributed by atoms with van der Waals surface area (Å²) in [6.45, 7) is 1.75. The summed E-state index contributed by atoms with van der Waals surface area (Å²) in [6.07, 6.45) is 0.